The van der Waals surface area contributed by atoms with E-state index in [1.165, 1.54) is 11.1 Å². The molecular formula is C27H31N5OS. The first-order valence-corrected chi connectivity index (χ1v) is 12.7. The third kappa shape index (κ3) is 3.67. The molecule has 176 valence electrons. The van der Waals surface area contributed by atoms with E-state index < -0.39 is 0 Å². The number of pyridine rings is 1. The van der Waals surface area contributed by atoms with Crippen molar-refractivity contribution in [2.75, 3.05) is 11.9 Å². The molecule has 34 heavy (non-hydrogen) atoms. The maximum absolute atomic E-state index is 6.15. The lowest BCUT2D eigenvalue weighted by Gasteiger charge is -2.48. The van der Waals surface area contributed by atoms with Gasteiger partial charge in [0, 0.05) is 41.5 Å². The summed E-state index contributed by atoms with van der Waals surface area (Å²) < 4.78 is 8.06. The lowest BCUT2D eigenvalue weighted by Crippen LogP contribution is -2.61. The van der Waals surface area contributed by atoms with Crippen molar-refractivity contribution >= 4 is 22.0 Å². The van der Waals surface area contributed by atoms with E-state index >= 15 is 0 Å². The van der Waals surface area contributed by atoms with Crippen molar-refractivity contribution in [3.63, 3.8) is 0 Å². The van der Waals surface area contributed by atoms with E-state index in [2.05, 4.69) is 74.3 Å². The topological polar surface area (TPSA) is 54.7 Å². The number of ether oxygens (including phenoxy) is 1. The molecule has 6 nitrogen and oxygen atoms in total. The maximum atomic E-state index is 6.15. The van der Waals surface area contributed by atoms with Gasteiger partial charge in [0.25, 0.3) is 0 Å². The van der Waals surface area contributed by atoms with Gasteiger partial charge in [0.05, 0.1) is 11.7 Å². The summed E-state index contributed by atoms with van der Waals surface area (Å²) in [5.74, 6) is 0.760. The second-order valence-electron chi connectivity index (χ2n) is 10.9. The van der Waals surface area contributed by atoms with Crippen LogP contribution in [0.4, 0.5) is 5.13 Å². The fourth-order valence-corrected chi connectivity index (χ4v) is 6.92. The van der Waals surface area contributed by atoms with Gasteiger partial charge in [-0.1, -0.05) is 29.5 Å². The second-order valence-corrected chi connectivity index (χ2v) is 11.9. The van der Waals surface area contributed by atoms with E-state index in [9.17, 15) is 0 Å². The zero-order valence-electron chi connectivity index (χ0n) is 20.4. The molecule has 1 fully saturated rings. The number of nitrogens with one attached hydrogen (secondary N) is 1. The predicted molar refractivity (Wildman–Crippen MR) is 139 cm³/mol. The Labute approximate surface area is 204 Å². The summed E-state index contributed by atoms with van der Waals surface area (Å²) >= 11 is 1.74. The molecule has 2 aliphatic rings. The van der Waals surface area contributed by atoms with Crippen LogP contribution in [0, 0.1) is 0 Å². The molecule has 4 aromatic rings. The highest BCUT2D eigenvalue weighted by atomic mass is 32.1. The lowest BCUT2D eigenvalue weighted by atomic mass is 9.79. The van der Waals surface area contributed by atoms with Gasteiger partial charge in [0.15, 0.2) is 5.13 Å². The third-order valence-electron chi connectivity index (χ3n) is 7.05. The van der Waals surface area contributed by atoms with Crippen LogP contribution in [0.5, 0.6) is 5.88 Å². The van der Waals surface area contributed by atoms with Crippen molar-refractivity contribution in [2.24, 2.45) is 0 Å². The van der Waals surface area contributed by atoms with E-state index in [4.69, 9.17) is 9.72 Å². The van der Waals surface area contributed by atoms with Gasteiger partial charge in [-0.2, -0.15) is 10.1 Å². The molecule has 0 atom stereocenters. The summed E-state index contributed by atoms with van der Waals surface area (Å²) in [6.07, 6.45) is 6.08. The molecule has 2 aliphatic heterocycles. The zero-order chi connectivity index (χ0) is 23.7. The molecule has 5 heterocycles. The smallest absolute Gasteiger partial charge is 0.234 e. The largest absolute Gasteiger partial charge is 0.472 e. The minimum atomic E-state index is 0.0924. The number of hydrogen-bond acceptors (Lipinski definition) is 6. The Kier molecular flexibility index (Phi) is 4.80. The lowest BCUT2D eigenvalue weighted by molar-refractivity contribution is 0.161. The van der Waals surface area contributed by atoms with Gasteiger partial charge in [0.1, 0.15) is 11.5 Å². The van der Waals surface area contributed by atoms with Crippen LogP contribution in [-0.4, -0.2) is 38.8 Å². The van der Waals surface area contributed by atoms with Crippen molar-refractivity contribution in [1.82, 2.24) is 19.9 Å². The van der Waals surface area contributed by atoms with Gasteiger partial charge in [-0.25, -0.2) is 4.52 Å². The molecule has 6 rings (SSSR count). The molecule has 0 amide bonds. The second kappa shape index (κ2) is 7.55. The minimum absolute atomic E-state index is 0.0924. The number of aromatic nitrogens is 3. The normalized spacial score (nSPS) is 18.9. The van der Waals surface area contributed by atoms with Crippen molar-refractivity contribution < 1.29 is 4.74 Å². The van der Waals surface area contributed by atoms with Gasteiger partial charge in [-0.3, -0.25) is 0 Å². The molecular weight excluding hydrogens is 442 g/mol. The minimum Gasteiger partial charge on any atom is -0.472 e. The van der Waals surface area contributed by atoms with Crippen LogP contribution in [0.1, 0.15) is 46.1 Å². The first-order valence-electron chi connectivity index (χ1n) is 11.9. The monoisotopic (exact) mass is 473 g/mol. The molecule has 0 radical (unpaired) electrons. The Morgan fingerprint density at radius 1 is 1.09 bits per heavy atom. The molecule has 0 spiro atoms. The Balaban J connectivity index is 1.32. The number of benzene rings is 1. The number of rotatable bonds is 3. The Morgan fingerprint density at radius 3 is 2.68 bits per heavy atom. The molecule has 0 saturated carbocycles. The number of fused-ring (bicyclic) bond motifs is 4. The van der Waals surface area contributed by atoms with E-state index in [1.54, 1.807) is 11.3 Å². The molecule has 0 bridgehead atoms. The quantitative estimate of drug-likeness (QED) is 0.410. The van der Waals surface area contributed by atoms with Gasteiger partial charge in [-0.15, -0.1) is 0 Å². The van der Waals surface area contributed by atoms with Crippen molar-refractivity contribution in [2.45, 2.75) is 64.3 Å². The Bertz CT molecular complexity index is 1370. The van der Waals surface area contributed by atoms with E-state index in [0.717, 1.165) is 45.4 Å². The van der Waals surface area contributed by atoms with E-state index in [1.807, 2.05) is 29.0 Å². The van der Waals surface area contributed by atoms with Crippen LogP contribution in [-0.2, 0) is 6.61 Å². The Hall–Kier alpha value is -2.90. The summed E-state index contributed by atoms with van der Waals surface area (Å²) in [6, 6.07) is 13.2. The molecule has 0 unspecified atom stereocenters. The SMILES string of the molecule is CN(c1nc2c(s1)-c1ccc(-c3cnn4ccccc34)cc1CO2)C1CC(C)(C)NC(C)(C)C1. The van der Waals surface area contributed by atoms with Crippen LogP contribution in [0.2, 0.25) is 0 Å². The molecule has 1 saturated heterocycles. The van der Waals surface area contributed by atoms with Gasteiger partial charge in [0.2, 0.25) is 5.88 Å². The molecule has 1 N–H and O–H groups in total. The molecule has 7 heteroatoms. The number of anilines is 1. The fourth-order valence-electron chi connectivity index (χ4n) is 5.82. The summed E-state index contributed by atoms with van der Waals surface area (Å²) in [5, 5.41) is 9.31. The number of hydrogen-bond donors (Lipinski definition) is 1. The summed E-state index contributed by atoms with van der Waals surface area (Å²) in [6.45, 7) is 9.71. The maximum Gasteiger partial charge on any atom is 0.234 e. The highest BCUT2D eigenvalue weighted by molar-refractivity contribution is 7.19. The summed E-state index contributed by atoms with van der Waals surface area (Å²) in [5.41, 5.74) is 6.01. The molecule has 1 aromatic carbocycles. The number of thiazole rings is 1. The first kappa shape index (κ1) is 21.6. The zero-order valence-corrected chi connectivity index (χ0v) is 21.2. The average molecular weight is 474 g/mol. The van der Waals surface area contributed by atoms with Crippen LogP contribution < -0.4 is 15.0 Å². The van der Waals surface area contributed by atoms with E-state index in [0.29, 0.717) is 12.6 Å². The van der Waals surface area contributed by atoms with Crippen LogP contribution >= 0.6 is 11.3 Å². The van der Waals surface area contributed by atoms with Crippen LogP contribution in [0.15, 0.2) is 48.8 Å². The Morgan fingerprint density at radius 2 is 1.88 bits per heavy atom. The highest BCUT2D eigenvalue weighted by Crippen LogP contribution is 2.46. The summed E-state index contributed by atoms with van der Waals surface area (Å²) in [7, 11) is 2.18. The predicted octanol–water partition coefficient (Wildman–Crippen LogP) is 5.76. The van der Waals surface area contributed by atoms with E-state index in [-0.39, 0.29) is 11.1 Å². The fraction of sp³-hybridized carbons (Fsp3) is 0.407. The molecule has 3 aromatic heterocycles. The standard InChI is InChI=1S/C27H31N5OS/c1-26(2)13-19(14-27(3,4)30-26)31(5)25-29-24-23(34-25)20-10-9-17(12-18(20)16-33-24)21-15-28-32-11-7-6-8-22(21)32/h6-12,15,19,30H,13-14,16H2,1-5H3. The number of piperidine rings is 1. The summed E-state index contributed by atoms with van der Waals surface area (Å²) in [4.78, 5) is 8.41. The van der Waals surface area contributed by atoms with Crippen molar-refractivity contribution in [3.8, 4) is 27.4 Å². The van der Waals surface area contributed by atoms with Crippen LogP contribution in [0.3, 0.4) is 0 Å². The van der Waals surface area contributed by atoms with Crippen LogP contribution in [0.25, 0.3) is 27.1 Å². The van der Waals surface area contributed by atoms with Gasteiger partial charge in [-0.05, 0) is 69.9 Å². The molecule has 0 aliphatic carbocycles. The number of nitrogens with zero attached hydrogens (tertiary/aromatic N) is 4. The third-order valence-corrected chi connectivity index (χ3v) is 8.22. The average Bonchev–Trinajstić information content (AvgIpc) is 3.40. The van der Waals surface area contributed by atoms with Crippen molar-refractivity contribution in [3.05, 3.63) is 54.4 Å². The van der Waals surface area contributed by atoms with Gasteiger partial charge >= 0.3 is 0 Å². The van der Waals surface area contributed by atoms with Crippen molar-refractivity contribution in [1.29, 1.82) is 0 Å². The first-order chi connectivity index (χ1) is 16.2. The highest BCUT2D eigenvalue weighted by Gasteiger charge is 2.40. The van der Waals surface area contributed by atoms with Gasteiger partial charge < -0.3 is 15.0 Å².